The van der Waals surface area contributed by atoms with Crippen LogP contribution in [0.3, 0.4) is 0 Å². The number of nitrogens with one attached hydrogen (secondary N) is 3. The second-order valence-electron chi connectivity index (χ2n) is 8.91. The van der Waals surface area contributed by atoms with Gasteiger partial charge in [0.05, 0.1) is 0 Å². The third-order valence-corrected chi connectivity index (χ3v) is 6.03. The van der Waals surface area contributed by atoms with E-state index in [0.29, 0.717) is 31.3 Å². The number of amides is 1. The average Bonchev–Trinajstić information content (AvgIpc) is 2.89. The van der Waals surface area contributed by atoms with Gasteiger partial charge in [-0.05, 0) is 42.5 Å². The molecular weight excluding hydrogens is 446 g/mol. The van der Waals surface area contributed by atoms with Crippen LogP contribution in [0.25, 0.3) is 0 Å². The molecule has 6 heteroatoms. The normalized spacial score (nSPS) is 11.5. The summed E-state index contributed by atoms with van der Waals surface area (Å²) in [5.41, 5.74) is 5.50. The quantitative estimate of drug-likeness (QED) is 0.279. The number of anilines is 2. The summed E-state index contributed by atoms with van der Waals surface area (Å²) in [6.45, 7) is 5.22. The molecule has 4 aromatic rings. The van der Waals surface area contributed by atoms with Gasteiger partial charge in [-0.2, -0.15) is 4.98 Å². The first-order valence-electron chi connectivity index (χ1n) is 12.3. The number of hydrogen-bond acceptors (Lipinski definition) is 5. The Morgan fingerprint density at radius 1 is 0.833 bits per heavy atom. The highest BCUT2D eigenvalue weighted by Crippen LogP contribution is 2.15. The van der Waals surface area contributed by atoms with E-state index in [1.54, 1.807) is 0 Å². The van der Waals surface area contributed by atoms with Crippen LogP contribution in [0.1, 0.15) is 27.9 Å². The molecule has 0 unspecified atom stereocenters. The highest BCUT2D eigenvalue weighted by atomic mass is 16.2. The Morgan fingerprint density at radius 2 is 1.50 bits per heavy atom. The molecule has 0 saturated heterocycles. The Balaban J connectivity index is 1.45. The Labute approximate surface area is 213 Å². The molecule has 6 nitrogen and oxygen atoms in total. The first-order valence-corrected chi connectivity index (χ1v) is 12.3. The van der Waals surface area contributed by atoms with Crippen molar-refractivity contribution >= 4 is 17.7 Å². The molecule has 4 rings (SSSR count). The maximum Gasteiger partial charge on any atom is 0.242 e. The number of carbonyl (C=O) groups is 1. The van der Waals surface area contributed by atoms with Crippen LogP contribution < -0.4 is 16.0 Å². The zero-order chi connectivity index (χ0) is 25.2. The predicted octanol–water partition coefficient (Wildman–Crippen LogP) is 5.09. The Kier molecular flexibility index (Phi) is 8.65. The molecule has 0 aliphatic heterocycles. The molecule has 0 radical (unpaired) electrons. The maximum atomic E-state index is 13.2. The van der Waals surface area contributed by atoms with Crippen molar-refractivity contribution in [1.29, 1.82) is 0 Å². The number of hydrogen-bond donors (Lipinski definition) is 3. The van der Waals surface area contributed by atoms with Gasteiger partial charge in [0, 0.05) is 31.3 Å². The molecule has 0 aliphatic rings. The van der Waals surface area contributed by atoms with E-state index in [1.807, 2.05) is 73.7 Å². The fraction of sp³-hybridized carbons (Fsp3) is 0.233. The number of aryl methyl sites for hydroxylation is 2. The summed E-state index contributed by atoms with van der Waals surface area (Å²) >= 11 is 0. The third-order valence-electron chi connectivity index (χ3n) is 6.03. The van der Waals surface area contributed by atoms with Gasteiger partial charge in [-0.15, -0.1) is 0 Å². The first kappa shape index (κ1) is 24.9. The van der Waals surface area contributed by atoms with Gasteiger partial charge < -0.3 is 16.0 Å². The van der Waals surface area contributed by atoms with Crippen molar-refractivity contribution in [2.75, 3.05) is 17.2 Å². The molecular formula is C30H33N5O. The molecule has 184 valence electrons. The van der Waals surface area contributed by atoms with Crippen molar-refractivity contribution in [3.05, 3.63) is 119 Å². The van der Waals surface area contributed by atoms with Crippen molar-refractivity contribution in [1.82, 2.24) is 15.3 Å². The van der Waals surface area contributed by atoms with Crippen LogP contribution in [0, 0.1) is 13.8 Å². The zero-order valence-corrected chi connectivity index (χ0v) is 20.9. The monoisotopic (exact) mass is 479 g/mol. The topological polar surface area (TPSA) is 78.9 Å². The summed E-state index contributed by atoms with van der Waals surface area (Å²) in [5.74, 6) is 1.10. The number of rotatable bonds is 11. The van der Waals surface area contributed by atoms with Gasteiger partial charge in [0.1, 0.15) is 11.9 Å². The third kappa shape index (κ3) is 7.40. The van der Waals surface area contributed by atoms with Gasteiger partial charge in [-0.1, -0.05) is 84.9 Å². The molecule has 36 heavy (non-hydrogen) atoms. The number of aromatic nitrogens is 2. The standard InChI is InChI=1S/C30H33N5O/c1-22-11-9-10-16-26(22)21-32-30-33-23(2)19-28(35-30)34-27(20-25-14-7-4-8-15-25)29(36)31-18-17-24-12-5-3-6-13-24/h3-16,19,27H,17-18,20-21H2,1-2H3,(H,31,36)(H2,32,33,34,35)/t27-/m0/s1. The van der Waals surface area contributed by atoms with Crippen LogP contribution in [0.15, 0.2) is 91.0 Å². The summed E-state index contributed by atoms with van der Waals surface area (Å²) in [4.78, 5) is 22.4. The van der Waals surface area contributed by atoms with Gasteiger partial charge in [0.25, 0.3) is 0 Å². The van der Waals surface area contributed by atoms with Crippen molar-refractivity contribution in [2.45, 2.75) is 39.3 Å². The van der Waals surface area contributed by atoms with E-state index in [9.17, 15) is 4.79 Å². The lowest BCUT2D eigenvalue weighted by atomic mass is 10.0. The van der Waals surface area contributed by atoms with Crippen LogP contribution in [-0.2, 0) is 24.2 Å². The van der Waals surface area contributed by atoms with E-state index in [4.69, 9.17) is 0 Å². The van der Waals surface area contributed by atoms with Gasteiger partial charge in [-0.3, -0.25) is 4.79 Å². The Morgan fingerprint density at radius 3 is 2.22 bits per heavy atom. The average molecular weight is 480 g/mol. The SMILES string of the molecule is Cc1cc(N[C@@H](Cc2ccccc2)C(=O)NCCc2ccccc2)nc(NCc2ccccc2C)n1. The molecule has 0 fully saturated rings. The molecule has 1 heterocycles. The van der Waals surface area contributed by atoms with Crippen molar-refractivity contribution in [3.8, 4) is 0 Å². The molecule has 1 amide bonds. The number of nitrogens with zero attached hydrogens (tertiary/aromatic N) is 2. The number of benzene rings is 3. The maximum absolute atomic E-state index is 13.2. The highest BCUT2D eigenvalue weighted by Gasteiger charge is 2.20. The van der Waals surface area contributed by atoms with Crippen molar-refractivity contribution in [2.24, 2.45) is 0 Å². The molecule has 1 aromatic heterocycles. The van der Waals surface area contributed by atoms with Gasteiger partial charge in [-0.25, -0.2) is 4.98 Å². The summed E-state index contributed by atoms with van der Waals surface area (Å²) < 4.78 is 0. The highest BCUT2D eigenvalue weighted by molar-refractivity contribution is 5.84. The lowest BCUT2D eigenvalue weighted by molar-refractivity contribution is -0.121. The fourth-order valence-corrected chi connectivity index (χ4v) is 4.04. The molecule has 0 saturated carbocycles. The number of carbonyl (C=O) groups excluding carboxylic acids is 1. The van der Waals surface area contributed by atoms with Gasteiger partial charge >= 0.3 is 0 Å². The summed E-state index contributed by atoms with van der Waals surface area (Å²) in [6, 6.07) is 29.8. The van der Waals surface area contributed by atoms with Crippen LogP contribution in [0.4, 0.5) is 11.8 Å². The van der Waals surface area contributed by atoms with Crippen LogP contribution in [0.2, 0.25) is 0 Å². The summed E-state index contributed by atoms with van der Waals surface area (Å²) in [5, 5.41) is 9.78. The Hall–Kier alpha value is -4.19. The van der Waals surface area contributed by atoms with E-state index < -0.39 is 6.04 Å². The van der Waals surface area contributed by atoms with Crippen molar-refractivity contribution < 1.29 is 4.79 Å². The Bertz CT molecular complexity index is 1260. The first-order chi connectivity index (χ1) is 17.6. The predicted molar refractivity (Wildman–Crippen MR) is 146 cm³/mol. The van der Waals surface area contributed by atoms with E-state index in [0.717, 1.165) is 17.7 Å². The molecule has 1 atom stereocenters. The van der Waals surface area contributed by atoms with E-state index in [1.165, 1.54) is 16.7 Å². The second kappa shape index (κ2) is 12.5. The molecule has 0 aliphatic carbocycles. The summed E-state index contributed by atoms with van der Waals surface area (Å²) in [6.07, 6.45) is 1.33. The van der Waals surface area contributed by atoms with Crippen LogP contribution in [0.5, 0.6) is 0 Å². The lowest BCUT2D eigenvalue weighted by Crippen LogP contribution is -2.42. The van der Waals surface area contributed by atoms with Gasteiger partial charge in [0.15, 0.2) is 0 Å². The van der Waals surface area contributed by atoms with Crippen LogP contribution >= 0.6 is 0 Å². The second-order valence-corrected chi connectivity index (χ2v) is 8.91. The minimum Gasteiger partial charge on any atom is -0.358 e. The van der Waals surface area contributed by atoms with E-state index in [-0.39, 0.29) is 5.91 Å². The largest absolute Gasteiger partial charge is 0.358 e. The molecule has 0 bridgehead atoms. The fourth-order valence-electron chi connectivity index (χ4n) is 4.04. The summed E-state index contributed by atoms with van der Waals surface area (Å²) in [7, 11) is 0. The zero-order valence-electron chi connectivity index (χ0n) is 20.9. The van der Waals surface area contributed by atoms with E-state index in [2.05, 4.69) is 57.1 Å². The van der Waals surface area contributed by atoms with Gasteiger partial charge in [0.2, 0.25) is 11.9 Å². The van der Waals surface area contributed by atoms with Crippen molar-refractivity contribution in [3.63, 3.8) is 0 Å². The molecule has 0 spiro atoms. The smallest absolute Gasteiger partial charge is 0.242 e. The lowest BCUT2D eigenvalue weighted by Gasteiger charge is -2.20. The molecule has 3 aromatic carbocycles. The minimum absolute atomic E-state index is 0.0551. The molecule has 3 N–H and O–H groups in total. The minimum atomic E-state index is -0.471. The van der Waals surface area contributed by atoms with Crippen LogP contribution in [-0.4, -0.2) is 28.5 Å². The van der Waals surface area contributed by atoms with E-state index >= 15 is 0 Å².